The zero-order chi connectivity index (χ0) is 12.7. The summed E-state index contributed by atoms with van der Waals surface area (Å²) >= 11 is 0. The summed E-state index contributed by atoms with van der Waals surface area (Å²) in [4.78, 5) is 0. The van der Waals surface area contributed by atoms with Crippen molar-refractivity contribution in [1.82, 2.24) is 0 Å². The van der Waals surface area contributed by atoms with Crippen LogP contribution in [0.3, 0.4) is 0 Å². The number of unbranched alkanes of at least 4 members (excludes halogenated alkanes) is 1. The average Bonchev–Trinajstić information content (AvgIpc) is 2.24. The van der Waals surface area contributed by atoms with Crippen LogP contribution in [0.15, 0.2) is 24.3 Å². The van der Waals surface area contributed by atoms with E-state index in [0.29, 0.717) is 0 Å². The largest absolute Gasteiger partial charge is 0.0628 e. The van der Waals surface area contributed by atoms with E-state index in [1.807, 2.05) is 0 Å². The standard InChI is InChI=1S/C17H28/c1-14(2)8-5-6-9-16-10-7-11-17(13-16)12-15(3)4/h7,10-11,13-15H,5-6,8-9,12H2,1-4H3. The Labute approximate surface area is 107 Å². The molecule has 0 heteroatoms. The van der Waals surface area contributed by atoms with Gasteiger partial charge in [0.1, 0.15) is 0 Å². The molecule has 0 aliphatic heterocycles. The van der Waals surface area contributed by atoms with Gasteiger partial charge >= 0.3 is 0 Å². The maximum Gasteiger partial charge on any atom is -0.0256 e. The molecule has 0 spiro atoms. The van der Waals surface area contributed by atoms with Gasteiger partial charge in [-0.1, -0.05) is 64.8 Å². The third-order valence-electron chi connectivity index (χ3n) is 3.13. The minimum absolute atomic E-state index is 0.756. The lowest BCUT2D eigenvalue weighted by Gasteiger charge is -2.08. The van der Waals surface area contributed by atoms with Crippen molar-refractivity contribution in [3.63, 3.8) is 0 Å². The molecule has 0 amide bonds. The minimum atomic E-state index is 0.756. The van der Waals surface area contributed by atoms with Crippen LogP contribution in [0.1, 0.15) is 58.1 Å². The molecule has 0 aromatic heterocycles. The molecule has 0 radical (unpaired) electrons. The molecule has 0 saturated carbocycles. The van der Waals surface area contributed by atoms with E-state index in [1.165, 1.54) is 43.2 Å². The minimum Gasteiger partial charge on any atom is -0.0628 e. The number of benzene rings is 1. The highest BCUT2D eigenvalue weighted by Crippen LogP contribution is 2.14. The third-order valence-corrected chi connectivity index (χ3v) is 3.13. The molecule has 0 N–H and O–H groups in total. The molecule has 1 aromatic carbocycles. The molecule has 0 aliphatic rings. The fraction of sp³-hybridized carbons (Fsp3) is 0.647. The molecule has 0 atom stereocenters. The van der Waals surface area contributed by atoms with Gasteiger partial charge in [0, 0.05) is 0 Å². The molecule has 0 saturated heterocycles. The van der Waals surface area contributed by atoms with Crippen LogP contribution in [0.4, 0.5) is 0 Å². The van der Waals surface area contributed by atoms with E-state index in [9.17, 15) is 0 Å². The van der Waals surface area contributed by atoms with Gasteiger partial charge in [0.25, 0.3) is 0 Å². The molecule has 0 fully saturated rings. The van der Waals surface area contributed by atoms with E-state index >= 15 is 0 Å². The first-order valence-electron chi connectivity index (χ1n) is 7.15. The van der Waals surface area contributed by atoms with E-state index in [-0.39, 0.29) is 0 Å². The summed E-state index contributed by atoms with van der Waals surface area (Å²) in [5.41, 5.74) is 3.02. The predicted molar refractivity (Wildman–Crippen MR) is 77.4 cm³/mol. The molecule has 1 aromatic rings. The van der Waals surface area contributed by atoms with Crippen LogP contribution in [0.25, 0.3) is 0 Å². The molecule has 0 nitrogen and oxygen atoms in total. The Balaban J connectivity index is 2.37. The van der Waals surface area contributed by atoms with Gasteiger partial charge in [-0.05, 0) is 42.2 Å². The van der Waals surface area contributed by atoms with Gasteiger partial charge in [-0.2, -0.15) is 0 Å². The number of rotatable bonds is 7. The summed E-state index contributed by atoms with van der Waals surface area (Å²) < 4.78 is 0. The number of hydrogen-bond donors (Lipinski definition) is 0. The topological polar surface area (TPSA) is 0 Å². The van der Waals surface area contributed by atoms with Crippen molar-refractivity contribution in [2.75, 3.05) is 0 Å². The molecule has 0 aliphatic carbocycles. The lowest BCUT2D eigenvalue weighted by atomic mass is 9.98. The van der Waals surface area contributed by atoms with Gasteiger partial charge in [-0.25, -0.2) is 0 Å². The quantitative estimate of drug-likeness (QED) is 0.563. The van der Waals surface area contributed by atoms with Crippen LogP contribution in [-0.2, 0) is 12.8 Å². The zero-order valence-electron chi connectivity index (χ0n) is 12.0. The second kappa shape index (κ2) is 7.53. The molecule has 17 heavy (non-hydrogen) atoms. The number of aryl methyl sites for hydroxylation is 1. The van der Waals surface area contributed by atoms with E-state index in [2.05, 4.69) is 52.0 Å². The van der Waals surface area contributed by atoms with Crippen molar-refractivity contribution >= 4 is 0 Å². The Morgan fingerprint density at radius 1 is 0.882 bits per heavy atom. The Kier molecular flexibility index (Phi) is 6.32. The summed E-state index contributed by atoms with van der Waals surface area (Å²) in [6.45, 7) is 9.19. The normalized spacial score (nSPS) is 11.4. The van der Waals surface area contributed by atoms with Gasteiger partial charge in [-0.15, -0.1) is 0 Å². The Morgan fingerprint density at radius 3 is 2.24 bits per heavy atom. The van der Waals surface area contributed by atoms with Crippen LogP contribution in [0.5, 0.6) is 0 Å². The van der Waals surface area contributed by atoms with Gasteiger partial charge in [-0.3, -0.25) is 0 Å². The number of hydrogen-bond acceptors (Lipinski definition) is 0. The Morgan fingerprint density at radius 2 is 1.59 bits per heavy atom. The van der Waals surface area contributed by atoms with Crippen LogP contribution in [-0.4, -0.2) is 0 Å². The summed E-state index contributed by atoms with van der Waals surface area (Å²) in [6.07, 6.45) is 6.53. The highest BCUT2D eigenvalue weighted by atomic mass is 14.1. The fourth-order valence-corrected chi connectivity index (χ4v) is 2.27. The average molecular weight is 232 g/mol. The SMILES string of the molecule is CC(C)CCCCc1cccc(CC(C)C)c1. The second-order valence-electron chi connectivity index (χ2n) is 6.06. The van der Waals surface area contributed by atoms with E-state index in [1.54, 1.807) is 0 Å². The lowest BCUT2D eigenvalue weighted by molar-refractivity contribution is 0.538. The predicted octanol–water partition coefficient (Wildman–Crippen LogP) is 5.25. The van der Waals surface area contributed by atoms with E-state index in [4.69, 9.17) is 0 Å². The third kappa shape index (κ3) is 6.51. The molecule has 1 rings (SSSR count). The monoisotopic (exact) mass is 232 g/mol. The maximum atomic E-state index is 2.40. The van der Waals surface area contributed by atoms with Crippen molar-refractivity contribution in [2.45, 2.75) is 59.8 Å². The first kappa shape index (κ1) is 14.3. The summed E-state index contributed by atoms with van der Waals surface area (Å²) in [5, 5.41) is 0. The summed E-state index contributed by atoms with van der Waals surface area (Å²) in [6, 6.07) is 9.15. The molecule has 0 unspecified atom stereocenters. The highest BCUT2D eigenvalue weighted by Gasteiger charge is 2.00. The molecular weight excluding hydrogens is 204 g/mol. The highest BCUT2D eigenvalue weighted by molar-refractivity contribution is 5.23. The van der Waals surface area contributed by atoms with Crippen molar-refractivity contribution < 1.29 is 0 Å². The molecule has 96 valence electrons. The van der Waals surface area contributed by atoms with E-state index in [0.717, 1.165) is 11.8 Å². The van der Waals surface area contributed by atoms with E-state index < -0.39 is 0 Å². The summed E-state index contributed by atoms with van der Waals surface area (Å²) in [5.74, 6) is 1.61. The van der Waals surface area contributed by atoms with Gasteiger partial charge in [0.05, 0.1) is 0 Å². The van der Waals surface area contributed by atoms with Crippen molar-refractivity contribution in [3.8, 4) is 0 Å². The van der Waals surface area contributed by atoms with Crippen LogP contribution >= 0.6 is 0 Å². The van der Waals surface area contributed by atoms with Crippen molar-refractivity contribution in [2.24, 2.45) is 11.8 Å². The van der Waals surface area contributed by atoms with Crippen LogP contribution in [0.2, 0.25) is 0 Å². The smallest absolute Gasteiger partial charge is 0.0256 e. The fourth-order valence-electron chi connectivity index (χ4n) is 2.27. The molecular formula is C17H28. The van der Waals surface area contributed by atoms with Crippen molar-refractivity contribution in [1.29, 1.82) is 0 Å². The van der Waals surface area contributed by atoms with Gasteiger partial charge in [0.2, 0.25) is 0 Å². The van der Waals surface area contributed by atoms with Gasteiger partial charge < -0.3 is 0 Å². The lowest BCUT2D eigenvalue weighted by Crippen LogP contribution is -1.96. The van der Waals surface area contributed by atoms with Crippen LogP contribution in [0, 0.1) is 11.8 Å². The Hall–Kier alpha value is -0.780. The second-order valence-corrected chi connectivity index (χ2v) is 6.06. The zero-order valence-corrected chi connectivity index (χ0v) is 12.0. The summed E-state index contributed by atoms with van der Waals surface area (Å²) in [7, 11) is 0. The first-order chi connectivity index (χ1) is 8.08. The van der Waals surface area contributed by atoms with Gasteiger partial charge in [0.15, 0.2) is 0 Å². The van der Waals surface area contributed by atoms with Crippen molar-refractivity contribution in [3.05, 3.63) is 35.4 Å². The molecule has 0 heterocycles. The Bertz CT molecular complexity index is 310. The first-order valence-corrected chi connectivity index (χ1v) is 7.15. The molecule has 0 bridgehead atoms. The maximum absolute atomic E-state index is 2.40. The van der Waals surface area contributed by atoms with Crippen LogP contribution < -0.4 is 0 Å².